The maximum atomic E-state index is 12.6. The van der Waals surface area contributed by atoms with Gasteiger partial charge in [0.1, 0.15) is 6.10 Å². The Balaban J connectivity index is 2.45. The highest BCUT2D eigenvalue weighted by Crippen LogP contribution is 2.50. The van der Waals surface area contributed by atoms with Gasteiger partial charge in [0.25, 0.3) is 0 Å². The van der Waals surface area contributed by atoms with Gasteiger partial charge in [0.05, 0.1) is 0 Å². The van der Waals surface area contributed by atoms with Gasteiger partial charge in [-0.15, -0.1) is 0 Å². The average molecular weight is 318 g/mol. The van der Waals surface area contributed by atoms with Crippen molar-refractivity contribution in [1.29, 1.82) is 0 Å². The van der Waals surface area contributed by atoms with Gasteiger partial charge >= 0.3 is 0 Å². The normalized spacial score (nSPS) is 37.3. The van der Waals surface area contributed by atoms with E-state index in [0.29, 0.717) is 12.2 Å². The minimum absolute atomic E-state index is 0.0123. The Morgan fingerprint density at radius 2 is 2.00 bits per heavy atom. The first kappa shape index (κ1) is 18.2. The molecule has 3 heteroatoms. The molecule has 1 N–H and O–H groups in total. The van der Waals surface area contributed by atoms with Crippen molar-refractivity contribution in [2.45, 2.75) is 72.8 Å². The predicted molar refractivity (Wildman–Crippen MR) is 93.1 cm³/mol. The second-order valence-electron chi connectivity index (χ2n) is 7.79. The SMILES string of the molecule is CC(C)=C1C(=O)C[C@@]2(C)C/C=C(\C)CC[C@@H](OO)/C(C)=C\C[C@H]12. The summed E-state index contributed by atoms with van der Waals surface area (Å²) in [6, 6.07) is 0. The summed E-state index contributed by atoms with van der Waals surface area (Å²) in [5.41, 5.74) is 4.50. The molecule has 3 atom stereocenters. The Morgan fingerprint density at radius 1 is 1.30 bits per heavy atom. The number of carbonyl (C=O) groups is 1. The van der Waals surface area contributed by atoms with E-state index >= 15 is 0 Å². The summed E-state index contributed by atoms with van der Waals surface area (Å²) in [4.78, 5) is 17.3. The van der Waals surface area contributed by atoms with Crippen LogP contribution in [0.5, 0.6) is 0 Å². The zero-order valence-electron chi connectivity index (χ0n) is 15.1. The molecule has 0 heterocycles. The third-order valence-electron chi connectivity index (χ3n) is 5.62. The molecule has 23 heavy (non-hydrogen) atoms. The molecule has 1 fully saturated rings. The van der Waals surface area contributed by atoms with Crippen molar-refractivity contribution >= 4 is 5.78 Å². The molecule has 0 saturated heterocycles. The number of allylic oxidation sites excluding steroid dienone is 5. The maximum Gasteiger partial charge on any atom is 0.159 e. The first-order valence-electron chi connectivity index (χ1n) is 8.61. The van der Waals surface area contributed by atoms with E-state index < -0.39 is 0 Å². The molecule has 0 bridgehead atoms. The molecular formula is C20H30O3. The summed E-state index contributed by atoms with van der Waals surface area (Å²) >= 11 is 0. The number of ketones is 1. The molecule has 0 amide bonds. The molecule has 0 aliphatic heterocycles. The van der Waals surface area contributed by atoms with Gasteiger partial charge in [-0.2, -0.15) is 0 Å². The van der Waals surface area contributed by atoms with E-state index in [2.05, 4.69) is 30.9 Å². The Labute approximate surface area is 140 Å². The van der Waals surface area contributed by atoms with E-state index in [1.165, 1.54) is 5.57 Å². The van der Waals surface area contributed by atoms with Gasteiger partial charge in [-0.25, -0.2) is 4.89 Å². The quantitative estimate of drug-likeness (QED) is 0.311. The minimum atomic E-state index is -0.255. The number of hydrogen-bond acceptors (Lipinski definition) is 3. The van der Waals surface area contributed by atoms with Crippen LogP contribution in [0.2, 0.25) is 0 Å². The van der Waals surface area contributed by atoms with Gasteiger partial charge in [-0.1, -0.05) is 30.2 Å². The van der Waals surface area contributed by atoms with Crippen LogP contribution in [-0.2, 0) is 9.68 Å². The summed E-state index contributed by atoms with van der Waals surface area (Å²) in [5, 5.41) is 9.19. The molecule has 0 aromatic heterocycles. The third kappa shape index (κ3) is 3.84. The van der Waals surface area contributed by atoms with Crippen LogP contribution in [0.3, 0.4) is 0 Å². The van der Waals surface area contributed by atoms with Crippen molar-refractivity contribution in [2.24, 2.45) is 11.3 Å². The van der Waals surface area contributed by atoms with Gasteiger partial charge in [-0.05, 0) is 75.9 Å². The first-order valence-corrected chi connectivity index (χ1v) is 8.61. The van der Waals surface area contributed by atoms with Crippen molar-refractivity contribution in [1.82, 2.24) is 0 Å². The van der Waals surface area contributed by atoms with Crippen molar-refractivity contribution in [2.75, 3.05) is 0 Å². The number of fused-ring (bicyclic) bond motifs is 1. The highest BCUT2D eigenvalue weighted by molar-refractivity contribution is 5.99. The summed E-state index contributed by atoms with van der Waals surface area (Å²) in [5.74, 6) is 0.554. The fraction of sp³-hybridized carbons (Fsp3) is 0.650. The Kier molecular flexibility index (Phi) is 5.64. The monoisotopic (exact) mass is 318 g/mol. The molecule has 3 nitrogen and oxygen atoms in total. The summed E-state index contributed by atoms with van der Waals surface area (Å²) in [6.45, 7) is 10.5. The van der Waals surface area contributed by atoms with E-state index in [-0.39, 0.29) is 17.4 Å². The number of hydrogen-bond donors (Lipinski definition) is 1. The molecule has 0 aromatic carbocycles. The molecule has 2 rings (SSSR count). The van der Waals surface area contributed by atoms with Crippen LogP contribution >= 0.6 is 0 Å². The Morgan fingerprint density at radius 3 is 2.61 bits per heavy atom. The smallest absolute Gasteiger partial charge is 0.159 e. The van der Waals surface area contributed by atoms with Crippen LogP contribution in [0.15, 0.2) is 34.4 Å². The second kappa shape index (κ2) is 7.14. The molecule has 0 aromatic rings. The van der Waals surface area contributed by atoms with Crippen molar-refractivity contribution in [3.8, 4) is 0 Å². The maximum absolute atomic E-state index is 12.6. The molecule has 0 spiro atoms. The topological polar surface area (TPSA) is 46.5 Å². The Bertz CT molecular complexity index is 563. The van der Waals surface area contributed by atoms with Crippen LogP contribution in [0.1, 0.15) is 66.7 Å². The lowest BCUT2D eigenvalue weighted by molar-refractivity contribution is -0.269. The van der Waals surface area contributed by atoms with Gasteiger partial charge < -0.3 is 0 Å². The van der Waals surface area contributed by atoms with Crippen molar-refractivity contribution in [3.63, 3.8) is 0 Å². The highest BCUT2D eigenvalue weighted by atomic mass is 17.1. The molecule has 128 valence electrons. The molecule has 1 saturated carbocycles. The highest BCUT2D eigenvalue weighted by Gasteiger charge is 2.46. The number of Topliss-reactive ketones (excluding diaryl/α,β-unsaturated/α-hetero) is 1. The molecule has 0 unspecified atom stereocenters. The lowest BCUT2D eigenvalue weighted by Crippen LogP contribution is -2.22. The van der Waals surface area contributed by atoms with E-state index in [9.17, 15) is 10.1 Å². The van der Waals surface area contributed by atoms with Crippen molar-refractivity contribution in [3.05, 3.63) is 34.4 Å². The Hall–Kier alpha value is -1.19. The van der Waals surface area contributed by atoms with Gasteiger partial charge in [0.15, 0.2) is 5.78 Å². The molecular weight excluding hydrogens is 288 g/mol. The zero-order valence-corrected chi connectivity index (χ0v) is 15.1. The van der Waals surface area contributed by atoms with E-state index in [1.807, 2.05) is 20.8 Å². The molecule has 2 aliphatic rings. The predicted octanol–water partition coefficient (Wildman–Crippen LogP) is 5.24. The first-order chi connectivity index (χ1) is 10.8. The number of rotatable bonds is 1. The fourth-order valence-electron chi connectivity index (χ4n) is 4.04. The lowest BCUT2D eigenvalue weighted by atomic mass is 9.73. The average Bonchev–Trinajstić information content (AvgIpc) is 2.73. The largest absolute Gasteiger partial charge is 0.295 e. The molecule has 2 aliphatic carbocycles. The van der Waals surface area contributed by atoms with Gasteiger partial charge in [0, 0.05) is 6.42 Å². The van der Waals surface area contributed by atoms with E-state index in [4.69, 9.17) is 0 Å². The van der Waals surface area contributed by atoms with Crippen LogP contribution in [0.25, 0.3) is 0 Å². The van der Waals surface area contributed by atoms with Crippen LogP contribution < -0.4 is 0 Å². The van der Waals surface area contributed by atoms with Crippen LogP contribution in [0, 0.1) is 11.3 Å². The fourth-order valence-corrected chi connectivity index (χ4v) is 4.04. The third-order valence-corrected chi connectivity index (χ3v) is 5.62. The summed E-state index contributed by atoms with van der Waals surface area (Å²) in [6.07, 6.45) is 8.28. The van der Waals surface area contributed by atoms with Crippen LogP contribution in [-0.4, -0.2) is 17.1 Å². The van der Waals surface area contributed by atoms with E-state index in [1.54, 1.807) is 0 Å². The summed E-state index contributed by atoms with van der Waals surface area (Å²) < 4.78 is 0. The standard InChI is InChI=1S/C20H30O3/c1-13(2)19-16-8-7-15(4)18(23-22)9-6-14(3)10-11-20(16,5)12-17(19)21/h7,10,16,18,22H,6,8-9,11-12H2,1-5H3/b14-10+,15-7-/t16-,18-,20-/m1/s1. The minimum Gasteiger partial charge on any atom is -0.295 e. The summed E-state index contributed by atoms with van der Waals surface area (Å²) in [7, 11) is 0. The molecule has 0 radical (unpaired) electrons. The van der Waals surface area contributed by atoms with Crippen LogP contribution in [0.4, 0.5) is 0 Å². The lowest BCUT2D eigenvalue weighted by Gasteiger charge is -2.30. The van der Waals surface area contributed by atoms with Gasteiger partial charge in [0.2, 0.25) is 0 Å². The zero-order chi connectivity index (χ0) is 17.2. The van der Waals surface area contributed by atoms with Crippen molar-refractivity contribution < 1.29 is 14.9 Å². The number of carbonyl (C=O) groups excluding carboxylic acids is 1. The van der Waals surface area contributed by atoms with E-state index in [0.717, 1.165) is 42.4 Å². The van der Waals surface area contributed by atoms with Gasteiger partial charge in [-0.3, -0.25) is 10.1 Å². The second-order valence-corrected chi connectivity index (χ2v) is 7.79.